The summed E-state index contributed by atoms with van der Waals surface area (Å²) in [5.74, 6) is -0.321. The van der Waals surface area contributed by atoms with E-state index in [4.69, 9.17) is 16.3 Å². The average molecular weight is 310 g/mol. The van der Waals surface area contributed by atoms with E-state index in [1.54, 1.807) is 0 Å². The summed E-state index contributed by atoms with van der Waals surface area (Å²) in [5, 5.41) is 3.97. The second-order valence-corrected chi connectivity index (χ2v) is 6.14. The number of thiophene rings is 1. The van der Waals surface area contributed by atoms with E-state index < -0.39 is 0 Å². The Bertz CT molecular complexity index is 605. The van der Waals surface area contributed by atoms with Crippen LogP contribution in [0.15, 0.2) is 30.3 Å². The molecule has 0 amide bonds. The summed E-state index contributed by atoms with van der Waals surface area (Å²) in [5.41, 5.74) is 1.84. The van der Waals surface area contributed by atoms with Crippen LogP contribution in [0.3, 0.4) is 0 Å². The van der Waals surface area contributed by atoms with Crippen molar-refractivity contribution in [3.05, 3.63) is 40.2 Å². The van der Waals surface area contributed by atoms with Gasteiger partial charge in [-0.3, -0.25) is 0 Å². The van der Waals surface area contributed by atoms with Gasteiger partial charge in [-0.05, 0) is 37.6 Å². The third-order valence-electron chi connectivity index (χ3n) is 2.68. The molecule has 20 heavy (non-hydrogen) atoms. The molecule has 0 saturated heterocycles. The lowest BCUT2D eigenvalue weighted by Crippen LogP contribution is -2.12. The van der Waals surface area contributed by atoms with Crippen LogP contribution in [-0.2, 0) is 4.74 Å². The molecule has 5 heteroatoms. The van der Waals surface area contributed by atoms with Gasteiger partial charge in [0.2, 0.25) is 0 Å². The standard InChI is InChI=1S/C15H16ClNO2S/c1-9(2)17-12-8-13(20-14(12)15(18)19-3)10-4-6-11(16)7-5-10/h4-9,17H,1-3H3. The highest BCUT2D eigenvalue weighted by Crippen LogP contribution is 2.36. The first-order valence-electron chi connectivity index (χ1n) is 6.26. The maximum Gasteiger partial charge on any atom is 0.350 e. The topological polar surface area (TPSA) is 38.3 Å². The molecule has 2 aromatic rings. The van der Waals surface area contributed by atoms with E-state index in [-0.39, 0.29) is 12.0 Å². The van der Waals surface area contributed by atoms with E-state index in [9.17, 15) is 4.79 Å². The van der Waals surface area contributed by atoms with Crippen molar-refractivity contribution in [2.45, 2.75) is 19.9 Å². The number of nitrogens with one attached hydrogen (secondary N) is 1. The Hall–Kier alpha value is -1.52. The van der Waals surface area contributed by atoms with Gasteiger partial charge in [0.05, 0.1) is 12.8 Å². The second-order valence-electron chi connectivity index (χ2n) is 4.65. The molecule has 0 spiro atoms. The lowest BCUT2D eigenvalue weighted by atomic mass is 10.2. The summed E-state index contributed by atoms with van der Waals surface area (Å²) >= 11 is 7.31. The summed E-state index contributed by atoms with van der Waals surface area (Å²) in [7, 11) is 1.39. The van der Waals surface area contributed by atoms with E-state index in [1.165, 1.54) is 18.4 Å². The number of hydrogen-bond acceptors (Lipinski definition) is 4. The largest absolute Gasteiger partial charge is 0.465 e. The number of anilines is 1. The fourth-order valence-corrected chi connectivity index (χ4v) is 2.98. The number of hydrogen-bond donors (Lipinski definition) is 1. The number of halogens is 1. The van der Waals surface area contributed by atoms with Crippen LogP contribution in [0, 0.1) is 0 Å². The molecule has 1 N–H and O–H groups in total. The zero-order valence-electron chi connectivity index (χ0n) is 11.6. The molecule has 0 unspecified atom stereocenters. The number of methoxy groups -OCH3 is 1. The minimum atomic E-state index is -0.321. The smallest absolute Gasteiger partial charge is 0.350 e. The Labute approximate surface area is 127 Å². The maximum atomic E-state index is 11.8. The van der Waals surface area contributed by atoms with E-state index in [0.29, 0.717) is 9.90 Å². The molecule has 0 saturated carbocycles. The minimum absolute atomic E-state index is 0.242. The van der Waals surface area contributed by atoms with Crippen LogP contribution >= 0.6 is 22.9 Å². The van der Waals surface area contributed by atoms with Crippen molar-refractivity contribution in [3.63, 3.8) is 0 Å². The molecule has 0 radical (unpaired) electrons. The first-order valence-corrected chi connectivity index (χ1v) is 7.45. The number of benzene rings is 1. The fraction of sp³-hybridized carbons (Fsp3) is 0.267. The molecule has 0 atom stereocenters. The van der Waals surface area contributed by atoms with Gasteiger partial charge in [0.15, 0.2) is 0 Å². The molecule has 0 fully saturated rings. The van der Waals surface area contributed by atoms with Gasteiger partial charge in [0.25, 0.3) is 0 Å². The van der Waals surface area contributed by atoms with Gasteiger partial charge in [-0.25, -0.2) is 4.79 Å². The van der Waals surface area contributed by atoms with Crippen molar-refractivity contribution in [2.75, 3.05) is 12.4 Å². The highest BCUT2D eigenvalue weighted by molar-refractivity contribution is 7.18. The Balaban J connectivity index is 2.42. The van der Waals surface area contributed by atoms with Gasteiger partial charge < -0.3 is 10.1 Å². The van der Waals surface area contributed by atoms with Crippen LogP contribution in [0.2, 0.25) is 5.02 Å². The summed E-state index contributed by atoms with van der Waals surface area (Å²) < 4.78 is 4.84. The molecule has 1 aromatic heterocycles. The molecule has 2 rings (SSSR count). The molecular weight excluding hydrogens is 294 g/mol. The van der Waals surface area contributed by atoms with E-state index in [1.807, 2.05) is 44.2 Å². The normalized spacial score (nSPS) is 10.7. The Kier molecular flexibility index (Phi) is 4.68. The van der Waals surface area contributed by atoms with Crippen molar-refractivity contribution >= 4 is 34.6 Å². The number of carbonyl (C=O) groups is 1. The number of rotatable bonds is 4. The quantitative estimate of drug-likeness (QED) is 0.834. The summed E-state index contributed by atoms with van der Waals surface area (Å²) in [6.45, 7) is 4.06. The van der Waals surface area contributed by atoms with Gasteiger partial charge in [-0.2, -0.15) is 0 Å². The first-order chi connectivity index (χ1) is 9.51. The number of ether oxygens (including phenoxy) is 1. The summed E-state index contributed by atoms with van der Waals surface area (Å²) in [4.78, 5) is 13.4. The van der Waals surface area contributed by atoms with Crippen molar-refractivity contribution < 1.29 is 9.53 Å². The van der Waals surface area contributed by atoms with Gasteiger partial charge >= 0.3 is 5.97 Å². The van der Waals surface area contributed by atoms with Crippen LogP contribution in [0.4, 0.5) is 5.69 Å². The van der Waals surface area contributed by atoms with Gasteiger partial charge in [0.1, 0.15) is 4.88 Å². The SMILES string of the molecule is COC(=O)c1sc(-c2ccc(Cl)cc2)cc1NC(C)C. The Morgan fingerprint density at radius 2 is 1.95 bits per heavy atom. The average Bonchev–Trinajstić information content (AvgIpc) is 2.81. The second kappa shape index (κ2) is 6.29. The van der Waals surface area contributed by atoms with Gasteiger partial charge in [0, 0.05) is 15.9 Å². The third kappa shape index (κ3) is 3.32. The van der Waals surface area contributed by atoms with Crippen LogP contribution in [0.5, 0.6) is 0 Å². The third-order valence-corrected chi connectivity index (χ3v) is 4.09. The number of carbonyl (C=O) groups excluding carboxylic acids is 1. The Morgan fingerprint density at radius 1 is 1.30 bits per heavy atom. The molecule has 0 aliphatic rings. The number of esters is 1. The molecule has 3 nitrogen and oxygen atoms in total. The van der Waals surface area contributed by atoms with E-state index >= 15 is 0 Å². The van der Waals surface area contributed by atoms with Crippen molar-refractivity contribution in [2.24, 2.45) is 0 Å². The molecule has 1 heterocycles. The van der Waals surface area contributed by atoms with Crippen molar-refractivity contribution in [1.29, 1.82) is 0 Å². The molecular formula is C15H16ClNO2S. The van der Waals surface area contributed by atoms with Gasteiger partial charge in [-0.15, -0.1) is 11.3 Å². The summed E-state index contributed by atoms with van der Waals surface area (Å²) in [6.07, 6.45) is 0. The van der Waals surface area contributed by atoms with Crippen LogP contribution < -0.4 is 5.32 Å². The molecule has 0 aliphatic heterocycles. The van der Waals surface area contributed by atoms with Crippen LogP contribution in [-0.4, -0.2) is 19.1 Å². The van der Waals surface area contributed by atoms with E-state index in [0.717, 1.165) is 16.1 Å². The molecule has 106 valence electrons. The Morgan fingerprint density at radius 3 is 2.50 bits per heavy atom. The minimum Gasteiger partial charge on any atom is -0.465 e. The predicted molar refractivity (Wildman–Crippen MR) is 84.9 cm³/mol. The molecule has 1 aromatic carbocycles. The molecule has 0 aliphatic carbocycles. The van der Waals surface area contributed by atoms with E-state index in [2.05, 4.69) is 5.32 Å². The predicted octanol–water partition coefficient (Wildman–Crippen LogP) is 4.68. The maximum absolute atomic E-state index is 11.8. The highest BCUT2D eigenvalue weighted by Gasteiger charge is 2.18. The first kappa shape index (κ1) is 14.9. The fourth-order valence-electron chi connectivity index (χ4n) is 1.81. The van der Waals surface area contributed by atoms with Gasteiger partial charge in [-0.1, -0.05) is 23.7 Å². The lowest BCUT2D eigenvalue weighted by molar-refractivity contribution is 0.0607. The van der Waals surface area contributed by atoms with Crippen LogP contribution in [0.25, 0.3) is 10.4 Å². The van der Waals surface area contributed by atoms with Crippen molar-refractivity contribution in [1.82, 2.24) is 0 Å². The zero-order chi connectivity index (χ0) is 14.7. The van der Waals surface area contributed by atoms with Crippen molar-refractivity contribution in [3.8, 4) is 10.4 Å². The monoisotopic (exact) mass is 309 g/mol. The lowest BCUT2D eigenvalue weighted by Gasteiger charge is -2.09. The van der Waals surface area contributed by atoms with Crippen LogP contribution in [0.1, 0.15) is 23.5 Å². The summed E-state index contributed by atoms with van der Waals surface area (Å²) in [6, 6.07) is 9.77. The molecule has 0 bridgehead atoms. The zero-order valence-corrected chi connectivity index (χ0v) is 13.1. The highest BCUT2D eigenvalue weighted by atomic mass is 35.5.